The average Bonchev–Trinajstić information content (AvgIpc) is 2.09. The van der Waals surface area contributed by atoms with Crippen molar-refractivity contribution in [2.75, 3.05) is 14.1 Å². The Morgan fingerprint density at radius 1 is 1.21 bits per heavy atom. The van der Waals surface area contributed by atoms with Crippen LogP contribution in [0.2, 0.25) is 0 Å². The summed E-state index contributed by atoms with van der Waals surface area (Å²) in [5.41, 5.74) is 0.784. The van der Waals surface area contributed by atoms with Crippen molar-refractivity contribution in [2.24, 2.45) is 0 Å². The van der Waals surface area contributed by atoms with Gasteiger partial charge in [-0.2, -0.15) is 0 Å². The molecule has 0 aliphatic carbocycles. The lowest BCUT2D eigenvalue weighted by Gasteiger charge is -2.12. The fraction of sp³-hybridized carbons (Fsp3) is 0.222. The molecule has 0 N–H and O–H groups in total. The second kappa shape index (κ2) is 5.28. The standard InChI is InChI=1S/C9H8I3NO/c1-13(2)9(14)6-3-5(10)4-7(11)8(6)12/h3-4H,1-2H3. The van der Waals surface area contributed by atoms with Crippen LogP contribution >= 0.6 is 67.8 Å². The number of hydrogen-bond acceptors (Lipinski definition) is 1. The molecule has 2 nitrogen and oxygen atoms in total. The van der Waals surface area contributed by atoms with Crippen molar-refractivity contribution in [3.8, 4) is 0 Å². The van der Waals surface area contributed by atoms with Gasteiger partial charge in [0.25, 0.3) is 5.91 Å². The van der Waals surface area contributed by atoms with E-state index in [1.807, 2.05) is 6.07 Å². The predicted octanol–water partition coefficient (Wildman–Crippen LogP) is 3.20. The molecular formula is C9H8I3NO. The molecule has 0 radical (unpaired) electrons. The van der Waals surface area contributed by atoms with E-state index in [4.69, 9.17) is 0 Å². The monoisotopic (exact) mass is 527 g/mol. The molecule has 0 fully saturated rings. The van der Waals surface area contributed by atoms with Gasteiger partial charge < -0.3 is 4.90 Å². The third kappa shape index (κ3) is 2.94. The number of amides is 1. The Balaban J connectivity index is 3.27. The summed E-state index contributed by atoms with van der Waals surface area (Å²) in [6.07, 6.45) is 0. The minimum absolute atomic E-state index is 0.0610. The van der Waals surface area contributed by atoms with E-state index in [9.17, 15) is 4.79 Å². The second-order valence-electron chi connectivity index (χ2n) is 2.95. The molecule has 0 spiro atoms. The summed E-state index contributed by atoms with van der Waals surface area (Å²) in [7, 11) is 3.54. The zero-order valence-electron chi connectivity index (χ0n) is 7.64. The van der Waals surface area contributed by atoms with Crippen LogP contribution in [0.25, 0.3) is 0 Å². The van der Waals surface area contributed by atoms with Gasteiger partial charge in [0.1, 0.15) is 0 Å². The Bertz CT molecular complexity index is 377. The number of rotatable bonds is 1. The van der Waals surface area contributed by atoms with E-state index in [1.54, 1.807) is 19.0 Å². The minimum Gasteiger partial charge on any atom is -0.345 e. The van der Waals surface area contributed by atoms with Crippen LogP contribution in [0.15, 0.2) is 12.1 Å². The third-order valence-electron chi connectivity index (χ3n) is 1.63. The van der Waals surface area contributed by atoms with Gasteiger partial charge in [0.15, 0.2) is 0 Å². The van der Waals surface area contributed by atoms with Crippen molar-refractivity contribution in [3.63, 3.8) is 0 Å². The van der Waals surface area contributed by atoms with E-state index in [0.29, 0.717) is 0 Å². The lowest BCUT2D eigenvalue weighted by atomic mass is 10.2. The highest BCUT2D eigenvalue weighted by Gasteiger charge is 2.14. The quantitative estimate of drug-likeness (QED) is 0.407. The first-order chi connectivity index (χ1) is 6.43. The molecule has 1 rings (SSSR count). The van der Waals surface area contributed by atoms with E-state index in [2.05, 4.69) is 73.8 Å². The van der Waals surface area contributed by atoms with Crippen LogP contribution in [0.5, 0.6) is 0 Å². The lowest BCUT2D eigenvalue weighted by molar-refractivity contribution is 0.0826. The molecule has 76 valence electrons. The molecule has 14 heavy (non-hydrogen) atoms. The Morgan fingerprint density at radius 3 is 2.29 bits per heavy atom. The second-order valence-corrected chi connectivity index (χ2v) is 6.44. The summed E-state index contributed by atoms with van der Waals surface area (Å²) in [4.78, 5) is 13.4. The molecule has 0 bridgehead atoms. The first-order valence-electron chi connectivity index (χ1n) is 3.79. The summed E-state index contributed by atoms with van der Waals surface area (Å²) in [5.74, 6) is 0.0610. The zero-order valence-corrected chi connectivity index (χ0v) is 14.1. The zero-order chi connectivity index (χ0) is 10.9. The SMILES string of the molecule is CN(C)C(=O)c1cc(I)cc(I)c1I. The van der Waals surface area contributed by atoms with E-state index in [1.165, 1.54) is 0 Å². The van der Waals surface area contributed by atoms with Crippen molar-refractivity contribution in [1.29, 1.82) is 0 Å². The van der Waals surface area contributed by atoms with Crippen LogP contribution in [0, 0.1) is 10.7 Å². The summed E-state index contributed by atoms with van der Waals surface area (Å²) in [6.45, 7) is 0. The van der Waals surface area contributed by atoms with Gasteiger partial charge in [0.2, 0.25) is 0 Å². The number of benzene rings is 1. The van der Waals surface area contributed by atoms with Gasteiger partial charge in [-0.1, -0.05) is 0 Å². The van der Waals surface area contributed by atoms with Crippen molar-refractivity contribution in [2.45, 2.75) is 0 Å². The summed E-state index contributed by atoms with van der Waals surface area (Å²) in [6, 6.07) is 3.99. The maximum absolute atomic E-state index is 11.8. The molecular weight excluding hydrogens is 519 g/mol. The van der Waals surface area contributed by atoms with E-state index < -0.39 is 0 Å². The van der Waals surface area contributed by atoms with Gasteiger partial charge in [-0.05, 0) is 79.9 Å². The third-order valence-corrected chi connectivity index (χ3v) is 5.30. The van der Waals surface area contributed by atoms with Gasteiger partial charge >= 0.3 is 0 Å². The number of halogens is 3. The Hall–Kier alpha value is 0.880. The average molecular weight is 527 g/mol. The topological polar surface area (TPSA) is 20.3 Å². The van der Waals surface area contributed by atoms with Crippen molar-refractivity contribution < 1.29 is 4.79 Å². The van der Waals surface area contributed by atoms with Crippen LogP contribution < -0.4 is 0 Å². The van der Waals surface area contributed by atoms with Crippen LogP contribution in [-0.2, 0) is 0 Å². The summed E-state index contributed by atoms with van der Waals surface area (Å²) < 4.78 is 3.25. The van der Waals surface area contributed by atoms with Gasteiger partial charge in [0.05, 0.1) is 5.56 Å². The van der Waals surface area contributed by atoms with Crippen molar-refractivity contribution in [3.05, 3.63) is 28.4 Å². The van der Waals surface area contributed by atoms with Crippen LogP contribution in [-0.4, -0.2) is 24.9 Å². The number of carbonyl (C=O) groups is 1. The molecule has 0 saturated heterocycles. The molecule has 0 aliphatic rings. The number of nitrogens with zero attached hydrogens (tertiary/aromatic N) is 1. The Labute approximate surface area is 124 Å². The van der Waals surface area contributed by atoms with Crippen molar-refractivity contribution >= 4 is 73.7 Å². The van der Waals surface area contributed by atoms with Gasteiger partial charge in [0, 0.05) is 24.8 Å². The minimum atomic E-state index is 0.0610. The van der Waals surface area contributed by atoms with Gasteiger partial charge in [-0.15, -0.1) is 0 Å². The molecule has 0 heterocycles. The fourth-order valence-electron chi connectivity index (χ4n) is 0.953. The normalized spacial score (nSPS) is 10.1. The first-order valence-corrected chi connectivity index (χ1v) is 7.03. The highest BCUT2D eigenvalue weighted by molar-refractivity contribution is 14.1. The highest BCUT2D eigenvalue weighted by Crippen LogP contribution is 2.23. The van der Waals surface area contributed by atoms with Gasteiger partial charge in [-0.25, -0.2) is 0 Å². The molecule has 1 aromatic carbocycles. The molecule has 0 saturated carbocycles. The fourth-order valence-corrected chi connectivity index (χ4v) is 3.34. The molecule has 0 unspecified atom stereocenters. The lowest BCUT2D eigenvalue weighted by Crippen LogP contribution is -2.23. The van der Waals surface area contributed by atoms with Crippen LogP contribution in [0.3, 0.4) is 0 Å². The molecule has 1 aromatic rings. The Morgan fingerprint density at radius 2 is 1.79 bits per heavy atom. The summed E-state index contributed by atoms with van der Waals surface area (Å²) >= 11 is 6.69. The highest BCUT2D eigenvalue weighted by atomic mass is 127. The Kier molecular flexibility index (Phi) is 4.88. The largest absolute Gasteiger partial charge is 0.345 e. The van der Waals surface area contributed by atoms with E-state index >= 15 is 0 Å². The summed E-state index contributed by atoms with van der Waals surface area (Å²) in [5, 5.41) is 0. The van der Waals surface area contributed by atoms with Gasteiger partial charge in [-0.3, -0.25) is 4.79 Å². The number of hydrogen-bond donors (Lipinski definition) is 0. The maximum Gasteiger partial charge on any atom is 0.254 e. The predicted molar refractivity (Wildman–Crippen MR) is 82.6 cm³/mol. The molecule has 5 heteroatoms. The molecule has 0 atom stereocenters. The number of carbonyl (C=O) groups excluding carboxylic acids is 1. The maximum atomic E-state index is 11.8. The van der Waals surface area contributed by atoms with Crippen molar-refractivity contribution in [1.82, 2.24) is 4.90 Å². The van der Waals surface area contributed by atoms with E-state index in [-0.39, 0.29) is 5.91 Å². The van der Waals surface area contributed by atoms with E-state index in [0.717, 1.165) is 16.3 Å². The molecule has 0 aromatic heterocycles. The van der Waals surface area contributed by atoms with Crippen LogP contribution in [0.4, 0.5) is 0 Å². The smallest absolute Gasteiger partial charge is 0.254 e. The van der Waals surface area contributed by atoms with Crippen LogP contribution in [0.1, 0.15) is 10.4 Å². The molecule has 1 amide bonds. The molecule has 0 aliphatic heterocycles. The first kappa shape index (κ1) is 12.9.